The van der Waals surface area contributed by atoms with Gasteiger partial charge in [0.05, 0.1) is 6.04 Å². The summed E-state index contributed by atoms with van der Waals surface area (Å²) >= 11 is 0. The van der Waals surface area contributed by atoms with Gasteiger partial charge in [-0.1, -0.05) is 6.08 Å². The fourth-order valence-corrected chi connectivity index (χ4v) is 0.769. The second-order valence-corrected chi connectivity index (χ2v) is 2.04. The van der Waals surface area contributed by atoms with Gasteiger partial charge in [-0.05, 0) is 6.07 Å². The normalized spacial score (nSPS) is 12.9. The number of hydrogen-bond acceptors (Lipinski definition) is 2. The lowest BCUT2D eigenvalue weighted by Gasteiger charge is -2.01. The smallest absolute Gasteiger partial charge is 0.193 e. The molecule has 1 aromatic heterocycles. The van der Waals surface area contributed by atoms with Crippen LogP contribution in [-0.2, 0) is 0 Å². The molecule has 10 heavy (non-hydrogen) atoms. The molecule has 0 bridgehead atoms. The molecule has 1 atom stereocenters. The van der Waals surface area contributed by atoms with Crippen molar-refractivity contribution < 1.29 is 5.11 Å². The summed E-state index contributed by atoms with van der Waals surface area (Å²) in [6.07, 6.45) is 3.21. The molecule has 0 fully saturated rings. The molecule has 0 aliphatic heterocycles. The molecule has 0 unspecified atom stereocenters. The van der Waals surface area contributed by atoms with Crippen LogP contribution in [0.1, 0.15) is 11.6 Å². The summed E-state index contributed by atoms with van der Waals surface area (Å²) in [6, 6.07) is 1.44. The van der Waals surface area contributed by atoms with Crippen molar-refractivity contribution in [2.24, 2.45) is 5.73 Å². The van der Waals surface area contributed by atoms with E-state index in [4.69, 9.17) is 10.8 Å². The average molecular weight is 138 g/mol. The second-order valence-electron chi connectivity index (χ2n) is 2.04. The van der Waals surface area contributed by atoms with Crippen LogP contribution in [0.5, 0.6) is 5.88 Å². The van der Waals surface area contributed by atoms with Gasteiger partial charge in [0.15, 0.2) is 5.88 Å². The van der Waals surface area contributed by atoms with E-state index in [0.717, 1.165) is 0 Å². The van der Waals surface area contributed by atoms with Crippen LogP contribution in [0.2, 0.25) is 0 Å². The summed E-state index contributed by atoms with van der Waals surface area (Å²) in [5.74, 6) is 0.118. The van der Waals surface area contributed by atoms with Crippen LogP contribution in [0.15, 0.2) is 24.9 Å². The van der Waals surface area contributed by atoms with Crippen molar-refractivity contribution >= 4 is 0 Å². The van der Waals surface area contributed by atoms with E-state index in [0.29, 0.717) is 5.56 Å². The van der Waals surface area contributed by atoms with E-state index in [1.807, 2.05) is 0 Å². The molecular formula is C7H10N2O. The fraction of sp³-hybridized carbons (Fsp3) is 0.143. The molecule has 0 amide bonds. The van der Waals surface area contributed by atoms with Crippen LogP contribution >= 0.6 is 0 Å². The Morgan fingerprint density at radius 3 is 2.90 bits per heavy atom. The maximum atomic E-state index is 9.07. The van der Waals surface area contributed by atoms with Crippen LogP contribution < -0.4 is 5.73 Å². The Balaban J connectivity index is 2.92. The van der Waals surface area contributed by atoms with Gasteiger partial charge in [-0.3, -0.25) is 0 Å². The molecule has 0 aliphatic carbocycles. The third-order valence-corrected chi connectivity index (χ3v) is 1.37. The zero-order valence-corrected chi connectivity index (χ0v) is 5.54. The number of aromatic hydroxyl groups is 1. The van der Waals surface area contributed by atoms with Crippen LogP contribution in [0.3, 0.4) is 0 Å². The molecule has 0 radical (unpaired) electrons. The van der Waals surface area contributed by atoms with Crippen molar-refractivity contribution in [1.82, 2.24) is 4.98 Å². The Morgan fingerprint density at radius 2 is 2.50 bits per heavy atom. The Morgan fingerprint density at radius 1 is 1.80 bits per heavy atom. The summed E-state index contributed by atoms with van der Waals surface area (Å²) in [4.78, 5) is 2.61. The quantitative estimate of drug-likeness (QED) is 0.532. The van der Waals surface area contributed by atoms with E-state index < -0.39 is 0 Å². The predicted octanol–water partition coefficient (Wildman–Crippen LogP) is 0.906. The van der Waals surface area contributed by atoms with Gasteiger partial charge in [0, 0.05) is 11.8 Å². The minimum atomic E-state index is -0.286. The average Bonchev–Trinajstić information content (AvgIpc) is 2.34. The monoisotopic (exact) mass is 138 g/mol. The highest BCUT2D eigenvalue weighted by molar-refractivity contribution is 5.30. The van der Waals surface area contributed by atoms with E-state index in [-0.39, 0.29) is 11.9 Å². The first-order valence-corrected chi connectivity index (χ1v) is 3.00. The molecule has 1 rings (SSSR count). The van der Waals surface area contributed by atoms with Crippen molar-refractivity contribution in [2.45, 2.75) is 6.04 Å². The van der Waals surface area contributed by atoms with E-state index in [2.05, 4.69) is 11.6 Å². The third-order valence-electron chi connectivity index (χ3n) is 1.37. The Hall–Kier alpha value is -1.22. The van der Waals surface area contributed by atoms with Crippen molar-refractivity contribution in [2.75, 3.05) is 0 Å². The summed E-state index contributed by atoms with van der Waals surface area (Å²) < 4.78 is 0. The largest absolute Gasteiger partial charge is 0.494 e. The zero-order valence-electron chi connectivity index (χ0n) is 5.54. The molecule has 3 nitrogen and oxygen atoms in total. The molecule has 0 aromatic carbocycles. The van der Waals surface area contributed by atoms with Gasteiger partial charge in [0.25, 0.3) is 0 Å². The first-order chi connectivity index (χ1) is 4.75. The van der Waals surface area contributed by atoms with Gasteiger partial charge >= 0.3 is 0 Å². The number of H-pyrrole nitrogens is 1. The molecule has 0 saturated heterocycles. The van der Waals surface area contributed by atoms with E-state index >= 15 is 0 Å². The number of aromatic nitrogens is 1. The molecule has 1 aromatic rings. The fourth-order valence-electron chi connectivity index (χ4n) is 0.769. The number of hydrogen-bond donors (Lipinski definition) is 3. The van der Waals surface area contributed by atoms with Crippen molar-refractivity contribution in [1.29, 1.82) is 0 Å². The Labute approximate surface area is 59.2 Å². The molecular weight excluding hydrogens is 128 g/mol. The van der Waals surface area contributed by atoms with Crippen molar-refractivity contribution in [3.8, 4) is 5.88 Å². The van der Waals surface area contributed by atoms with Gasteiger partial charge in [0.1, 0.15) is 0 Å². The molecule has 0 spiro atoms. The summed E-state index contributed by atoms with van der Waals surface area (Å²) in [6.45, 7) is 3.51. The first kappa shape index (κ1) is 6.89. The third kappa shape index (κ3) is 1.04. The predicted molar refractivity (Wildman–Crippen MR) is 39.6 cm³/mol. The van der Waals surface area contributed by atoms with Crippen molar-refractivity contribution in [3.63, 3.8) is 0 Å². The van der Waals surface area contributed by atoms with Crippen molar-refractivity contribution in [3.05, 3.63) is 30.5 Å². The SMILES string of the molecule is C=C[C@H](N)c1cc[nH]c1O. The lowest BCUT2D eigenvalue weighted by atomic mass is 10.1. The lowest BCUT2D eigenvalue weighted by molar-refractivity contribution is 0.448. The maximum absolute atomic E-state index is 9.07. The zero-order chi connectivity index (χ0) is 7.56. The highest BCUT2D eigenvalue weighted by Crippen LogP contribution is 2.20. The summed E-state index contributed by atoms with van der Waals surface area (Å²) in [5, 5.41) is 9.07. The van der Waals surface area contributed by atoms with Crippen LogP contribution in [0.4, 0.5) is 0 Å². The topological polar surface area (TPSA) is 62.0 Å². The highest BCUT2D eigenvalue weighted by atomic mass is 16.3. The molecule has 1 heterocycles. The number of rotatable bonds is 2. The van der Waals surface area contributed by atoms with Gasteiger partial charge in [-0.15, -0.1) is 6.58 Å². The lowest BCUT2D eigenvalue weighted by Crippen LogP contribution is -2.04. The molecule has 54 valence electrons. The minimum absolute atomic E-state index is 0.118. The van der Waals surface area contributed by atoms with Gasteiger partial charge in [-0.2, -0.15) is 0 Å². The van der Waals surface area contributed by atoms with Crippen LogP contribution in [0.25, 0.3) is 0 Å². The molecule has 0 aliphatic rings. The maximum Gasteiger partial charge on any atom is 0.193 e. The second kappa shape index (κ2) is 2.58. The van der Waals surface area contributed by atoms with Gasteiger partial charge in [0.2, 0.25) is 0 Å². The summed E-state index contributed by atoms with van der Waals surface area (Å²) in [7, 11) is 0. The Kier molecular flexibility index (Phi) is 1.78. The highest BCUT2D eigenvalue weighted by Gasteiger charge is 2.06. The van der Waals surface area contributed by atoms with Gasteiger partial charge in [-0.25, -0.2) is 0 Å². The van der Waals surface area contributed by atoms with Gasteiger partial charge < -0.3 is 15.8 Å². The number of nitrogens with two attached hydrogens (primary N) is 1. The van der Waals surface area contributed by atoms with E-state index in [9.17, 15) is 0 Å². The Bertz CT molecular complexity index is 229. The van der Waals surface area contributed by atoms with E-state index in [1.165, 1.54) is 0 Å². The van der Waals surface area contributed by atoms with E-state index in [1.54, 1.807) is 18.3 Å². The molecule has 3 heteroatoms. The number of aromatic amines is 1. The standard InChI is InChI=1S/C7H10N2O/c1-2-6(8)5-3-4-9-7(5)10/h2-4,6,9-10H,1,8H2/t6-/m0/s1. The first-order valence-electron chi connectivity index (χ1n) is 3.00. The van der Waals surface area contributed by atoms with Crippen LogP contribution in [0, 0.1) is 0 Å². The number of nitrogens with one attached hydrogen (secondary N) is 1. The molecule has 0 saturated carbocycles. The minimum Gasteiger partial charge on any atom is -0.494 e. The molecule has 4 N–H and O–H groups in total. The van der Waals surface area contributed by atoms with Crippen LogP contribution in [-0.4, -0.2) is 10.1 Å². The summed E-state index contributed by atoms with van der Waals surface area (Å²) in [5.41, 5.74) is 6.22.